The van der Waals surface area contributed by atoms with E-state index in [1.165, 1.54) is 48.5 Å². The molecule has 0 saturated heterocycles. The Hall–Kier alpha value is -7.36. The minimum Gasteiger partial charge on any atom is -0.506 e. The highest BCUT2D eigenvalue weighted by molar-refractivity contribution is 6.06. The van der Waals surface area contributed by atoms with Gasteiger partial charge in [-0.05, 0) is 132 Å². The number of alkyl halides is 6. The van der Waals surface area contributed by atoms with Crippen LogP contribution in [0.2, 0.25) is 0 Å². The molecule has 10 nitrogen and oxygen atoms in total. The third kappa shape index (κ3) is 8.34. The van der Waals surface area contributed by atoms with E-state index in [0.717, 1.165) is 0 Å². The molecule has 6 aromatic rings. The van der Waals surface area contributed by atoms with E-state index in [1.54, 1.807) is 48.5 Å². The third-order valence-electron chi connectivity index (χ3n) is 8.67. The van der Waals surface area contributed by atoms with Gasteiger partial charge in [0.1, 0.15) is 34.5 Å². The van der Waals surface area contributed by atoms with Crippen LogP contribution in [0, 0.1) is 0 Å². The van der Waals surface area contributed by atoms with Crippen LogP contribution in [0.5, 0.6) is 34.5 Å². The Labute approximate surface area is 319 Å². The van der Waals surface area contributed by atoms with Crippen molar-refractivity contribution in [2.75, 3.05) is 22.1 Å². The van der Waals surface area contributed by atoms with Gasteiger partial charge < -0.3 is 41.8 Å². The lowest BCUT2D eigenvalue weighted by Crippen LogP contribution is -2.54. The lowest BCUT2D eigenvalue weighted by atomic mass is 9.72. The second-order valence-corrected chi connectivity index (χ2v) is 12.5. The van der Waals surface area contributed by atoms with Crippen molar-refractivity contribution in [1.82, 2.24) is 0 Å². The van der Waals surface area contributed by atoms with E-state index in [2.05, 4.69) is 10.6 Å². The summed E-state index contributed by atoms with van der Waals surface area (Å²) in [6.45, 7) is 0. The zero-order valence-corrected chi connectivity index (χ0v) is 29.2. The quantitative estimate of drug-likeness (QED) is 0.0453. The van der Waals surface area contributed by atoms with Crippen LogP contribution >= 0.6 is 0 Å². The Morgan fingerprint density at radius 1 is 0.474 bits per heavy atom. The zero-order valence-electron chi connectivity index (χ0n) is 29.2. The number of phenols is 2. The van der Waals surface area contributed by atoms with Crippen LogP contribution in [0.1, 0.15) is 31.8 Å². The summed E-state index contributed by atoms with van der Waals surface area (Å²) in [6.07, 6.45) is -12.2. The number of phenolic OH excluding ortho intramolecular Hbond substituents is 2. The van der Waals surface area contributed by atoms with Crippen LogP contribution in [-0.4, -0.2) is 34.4 Å². The molecule has 57 heavy (non-hydrogen) atoms. The minimum absolute atomic E-state index is 0.0785. The van der Waals surface area contributed by atoms with Crippen LogP contribution in [0.15, 0.2) is 133 Å². The summed E-state index contributed by atoms with van der Waals surface area (Å²) < 4.78 is 102. The monoisotopic (exact) mass is 788 g/mol. The van der Waals surface area contributed by atoms with Crippen molar-refractivity contribution in [2.45, 2.75) is 17.8 Å². The van der Waals surface area contributed by atoms with Gasteiger partial charge in [-0.25, -0.2) is 0 Å². The number of aromatic hydroxyl groups is 2. The molecule has 6 rings (SSSR count). The summed E-state index contributed by atoms with van der Waals surface area (Å²) in [6, 6.07) is 26.2. The average molecular weight is 789 g/mol. The van der Waals surface area contributed by atoms with E-state index >= 15 is 26.3 Å². The van der Waals surface area contributed by atoms with Crippen molar-refractivity contribution >= 4 is 34.6 Å². The number of carbonyl (C=O) groups excluding carboxylic acids is 2. The Balaban J connectivity index is 1.28. The summed E-state index contributed by atoms with van der Waals surface area (Å²) in [7, 11) is 0. The summed E-state index contributed by atoms with van der Waals surface area (Å²) in [5.74, 6) is -2.19. The number of ether oxygens (including phenoxy) is 2. The molecular weight excluding hydrogens is 758 g/mol. The number of rotatable bonds is 10. The highest BCUT2D eigenvalue weighted by atomic mass is 19.4. The van der Waals surface area contributed by atoms with E-state index in [0.29, 0.717) is 70.8 Å². The van der Waals surface area contributed by atoms with Gasteiger partial charge in [0, 0.05) is 22.5 Å². The molecule has 0 heterocycles. The summed E-state index contributed by atoms with van der Waals surface area (Å²) in [5, 5.41) is 25.3. The Morgan fingerprint density at radius 2 is 0.772 bits per heavy atom. The summed E-state index contributed by atoms with van der Waals surface area (Å²) in [5.41, 5.74) is 2.95. The number of nitrogen functional groups attached to an aromatic ring is 2. The molecule has 0 aliphatic carbocycles. The van der Waals surface area contributed by atoms with Gasteiger partial charge in [-0.15, -0.1) is 0 Å². The maximum absolute atomic E-state index is 15.1. The van der Waals surface area contributed by atoms with Gasteiger partial charge in [0.15, 0.2) is 0 Å². The highest BCUT2D eigenvalue weighted by Gasteiger charge is 2.72. The van der Waals surface area contributed by atoms with Gasteiger partial charge in [0.2, 0.25) is 5.41 Å². The molecule has 0 saturated carbocycles. The number of benzene rings is 6. The van der Waals surface area contributed by atoms with E-state index in [1.807, 2.05) is 0 Å². The van der Waals surface area contributed by atoms with Gasteiger partial charge in [-0.1, -0.05) is 12.1 Å². The van der Waals surface area contributed by atoms with E-state index in [4.69, 9.17) is 20.9 Å². The summed E-state index contributed by atoms with van der Waals surface area (Å²) >= 11 is 0. The highest BCUT2D eigenvalue weighted by Crippen LogP contribution is 2.57. The smallest absolute Gasteiger partial charge is 0.411 e. The number of halogens is 6. The number of hydrogen-bond donors (Lipinski definition) is 6. The SMILES string of the molecule is Nc1ccc(Oc2ccc(C(=O)Nc3cc(C(c4ccc(O)c(NC(=O)c5ccc(Oc6ccc(N)cc6)cc5)c4)(C(F)(F)F)C(F)(F)F)ccc3O)cc2)cc1. The number of amides is 2. The fraction of sp³-hybridized carbons (Fsp3) is 0.0732. The summed E-state index contributed by atoms with van der Waals surface area (Å²) in [4.78, 5) is 26.2. The number of anilines is 4. The molecular formula is C41H30F6N4O6. The molecule has 2 amide bonds. The predicted octanol–water partition coefficient (Wildman–Crippen LogP) is 9.76. The first kappa shape index (κ1) is 39.3. The number of carbonyl (C=O) groups is 2. The zero-order chi connectivity index (χ0) is 41.1. The first-order valence-electron chi connectivity index (χ1n) is 16.6. The third-order valence-corrected chi connectivity index (χ3v) is 8.67. The van der Waals surface area contributed by atoms with Crippen LogP contribution in [0.3, 0.4) is 0 Å². The van der Waals surface area contributed by atoms with Crippen molar-refractivity contribution in [3.8, 4) is 34.5 Å². The second kappa shape index (κ2) is 15.4. The molecule has 0 radical (unpaired) electrons. The van der Waals surface area contributed by atoms with Crippen LogP contribution in [-0.2, 0) is 5.41 Å². The molecule has 0 spiro atoms. The van der Waals surface area contributed by atoms with E-state index in [-0.39, 0.29) is 11.1 Å². The van der Waals surface area contributed by atoms with E-state index < -0.39 is 63.6 Å². The molecule has 16 heteroatoms. The number of hydrogen-bond acceptors (Lipinski definition) is 8. The molecule has 0 aliphatic heterocycles. The maximum atomic E-state index is 15.1. The topological polar surface area (TPSA) is 169 Å². The van der Waals surface area contributed by atoms with Crippen molar-refractivity contribution < 1.29 is 55.6 Å². The number of nitrogens with two attached hydrogens (primary N) is 2. The first-order valence-corrected chi connectivity index (χ1v) is 16.6. The largest absolute Gasteiger partial charge is 0.506 e. The van der Waals surface area contributed by atoms with Crippen molar-refractivity contribution in [1.29, 1.82) is 0 Å². The lowest BCUT2D eigenvalue weighted by molar-refractivity contribution is -0.288. The van der Waals surface area contributed by atoms with Gasteiger partial charge in [0.05, 0.1) is 11.4 Å². The van der Waals surface area contributed by atoms with Crippen LogP contribution in [0.4, 0.5) is 49.1 Å². The minimum atomic E-state index is -6.11. The van der Waals surface area contributed by atoms with Crippen LogP contribution in [0.25, 0.3) is 0 Å². The van der Waals surface area contributed by atoms with Crippen LogP contribution < -0.4 is 31.6 Å². The molecule has 6 aromatic carbocycles. The van der Waals surface area contributed by atoms with Crippen molar-refractivity contribution in [3.63, 3.8) is 0 Å². The van der Waals surface area contributed by atoms with Crippen molar-refractivity contribution in [3.05, 3.63) is 156 Å². The van der Waals surface area contributed by atoms with E-state index in [9.17, 15) is 19.8 Å². The Kier molecular flexibility index (Phi) is 10.6. The lowest BCUT2D eigenvalue weighted by Gasteiger charge is -2.38. The molecule has 0 fully saturated rings. The van der Waals surface area contributed by atoms with Gasteiger partial charge in [-0.3, -0.25) is 9.59 Å². The first-order chi connectivity index (χ1) is 26.9. The predicted molar refractivity (Wildman–Crippen MR) is 200 cm³/mol. The molecule has 292 valence electrons. The molecule has 0 aliphatic rings. The number of nitrogens with one attached hydrogen (secondary N) is 2. The Morgan fingerprint density at radius 3 is 1.07 bits per heavy atom. The van der Waals surface area contributed by atoms with Gasteiger partial charge in [-0.2, -0.15) is 26.3 Å². The standard InChI is InChI=1S/C41H30F6N4O6/c42-40(43,44)39(41(45,46)47,25-5-19-35(52)33(21-25)50-37(54)23-1-11-29(12-2-23)56-31-15-7-27(48)8-16-31)26-6-20-36(53)34(22-26)51-38(55)24-3-13-30(14-4-24)57-32-17-9-28(49)10-18-32/h1-22,52-53H,48-49H2,(H,50,54)(H,51,55). The normalized spacial score (nSPS) is 11.8. The molecule has 0 aromatic heterocycles. The molecule has 0 atom stereocenters. The average Bonchev–Trinajstić information content (AvgIpc) is 3.15. The maximum Gasteiger partial charge on any atom is 0.411 e. The molecule has 0 bridgehead atoms. The van der Waals surface area contributed by atoms with Crippen molar-refractivity contribution in [2.24, 2.45) is 0 Å². The Bertz CT molecular complexity index is 2230. The van der Waals surface area contributed by atoms with Gasteiger partial charge >= 0.3 is 12.4 Å². The fourth-order valence-corrected chi connectivity index (χ4v) is 5.80. The molecule has 8 N–H and O–H groups in total. The fourth-order valence-electron chi connectivity index (χ4n) is 5.80. The van der Waals surface area contributed by atoms with Gasteiger partial charge in [0.25, 0.3) is 11.8 Å². The molecule has 0 unspecified atom stereocenters. The second-order valence-electron chi connectivity index (χ2n) is 12.5.